The van der Waals surface area contributed by atoms with Gasteiger partial charge < -0.3 is 9.84 Å². The number of esters is 1. The van der Waals surface area contributed by atoms with Crippen LogP contribution in [-0.2, 0) is 14.3 Å². The highest BCUT2D eigenvalue weighted by Gasteiger charge is 2.13. The van der Waals surface area contributed by atoms with Gasteiger partial charge in [0.1, 0.15) is 36.2 Å². The van der Waals surface area contributed by atoms with Crippen LogP contribution in [0.1, 0.15) is 70.3 Å². The number of aliphatic imine (C=N–C) groups is 1. The largest absolute Gasteiger partial charge is 0.506 e. The number of rotatable bonds is 7. The minimum atomic E-state index is -0.442. The summed E-state index contributed by atoms with van der Waals surface area (Å²) >= 11 is 0. The van der Waals surface area contributed by atoms with Crippen LogP contribution in [0.4, 0.5) is 0 Å². The monoisotopic (exact) mass is 603 g/mol. The molecular formula is C32H41N7O5. The van der Waals surface area contributed by atoms with Gasteiger partial charge in [0.05, 0.1) is 19.3 Å². The maximum Gasteiger partial charge on any atom is 0.356 e. The Labute approximate surface area is 258 Å². The van der Waals surface area contributed by atoms with Gasteiger partial charge in [-0.1, -0.05) is 41.5 Å². The van der Waals surface area contributed by atoms with Crippen molar-refractivity contribution in [2.45, 2.75) is 48.5 Å². The lowest BCUT2D eigenvalue weighted by Gasteiger charge is -2.00. The number of aliphatic hydroxyl groups is 1. The second-order valence-electron chi connectivity index (χ2n) is 10.2. The molecule has 234 valence electrons. The summed E-state index contributed by atoms with van der Waals surface area (Å²) in [6.07, 6.45) is 12.3. The Morgan fingerprint density at radius 2 is 1.34 bits per heavy atom. The van der Waals surface area contributed by atoms with Crippen LogP contribution in [0.3, 0.4) is 0 Å². The van der Waals surface area contributed by atoms with Gasteiger partial charge in [-0.25, -0.2) is 34.7 Å². The van der Waals surface area contributed by atoms with E-state index in [2.05, 4.69) is 59.6 Å². The lowest BCUT2D eigenvalue weighted by molar-refractivity contribution is -0.119. The molecule has 12 heteroatoms. The Kier molecular flexibility index (Phi) is 16.8. The van der Waals surface area contributed by atoms with Gasteiger partial charge in [0.25, 0.3) is 0 Å². The number of aliphatic hydroxyl groups excluding tert-OH is 1. The summed E-state index contributed by atoms with van der Waals surface area (Å²) in [5.74, 6) is 0.155. The Bertz CT molecular complexity index is 1360. The molecule has 0 aliphatic carbocycles. The van der Waals surface area contributed by atoms with E-state index in [-0.39, 0.29) is 34.9 Å². The molecule has 4 rings (SSSR count). The van der Waals surface area contributed by atoms with Crippen LogP contribution in [0.2, 0.25) is 0 Å². The summed E-state index contributed by atoms with van der Waals surface area (Å²) < 4.78 is 4.41. The van der Waals surface area contributed by atoms with Crippen molar-refractivity contribution in [1.29, 1.82) is 0 Å². The van der Waals surface area contributed by atoms with Gasteiger partial charge in [0.2, 0.25) is 0 Å². The topological polar surface area (TPSA) is 170 Å². The molecule has 1 aliphatic heterocycles. The van der Waals surface area contributed by atoms with Crippen LogP contribution in [0.15, 0.2) is 72.9 Å². The second-order valence-corrected chi connectivity index (χ2v) is 10.2. The summed E-state index contributed by atoms with van der Waals surface area (Å²) in [5.41, 5.74) is 3.97. The van der Waals surface area contributed by atoms with Crippen molar-refractivity contribution in [2.24, 2.45) is 22.7 Å². The highest BCUT2D eigenvalue weighted by atomic mass is 16.5. The molecule has 44 heavy (non-hydrogen) atoms. The zero-order valence-electron chi connectivity index (χ0n) is 26.5. The standard InChI is InChI=1S/C11H13N3.C10H12N2O2.C6H6N2O2.C5H10O/c1-8(2)11-5-9(6-13-11)10-3-4-12-7-14-10;1-7(2)9(13)5-10(14)8-3-4-11-6-12-8;1-10-6(9)5-2-3-7-4-8-5;1-4(2)5(3)6/h3-5,7-8H,6H2,1-2H3;3-7,14H,1-2H3;2-4H,1H3;4H,1-3H3. The van der Waals surface area contributed by atoms with Crippen molar-refractivity contribution in [1.82, 2.24) is 29.9 Å². The molecule has 3 aromatic heterocycles. The number of allylic oxidation sites excluding steroid dienone is 2. The average Bonchev–Trinajstić information content (AvgIpc) is 3.54. The molecule has 3 aromatic rings. The highest BCUT2D eigenvalue weighted by molar-refractivity contribution is 6.05. The summed E-state index contributed by atoms with van der Waals surface area (Å²) in [5, 5.41) is 9.49. The lowest BCUT2D eigenvalue weighted by Crippen LogP contribution is -2.04. The predicted octanol–water partition coefficient (Wildman–Crippen LogP) is 5.07. The minimum Gasteiger partial charge on any atom is -0.506 e. The first-order valence-electron chi connectivity index (χ1n) is 13.9. The van der Waals surface area contributed by atoms with E-state index in [0.717, 1.165) is 12.2 Å². The molecule has 0 atom stereocenters. The summed E-state index contributed by atoms with van der Waals surface area (Å²) in [6.45, 7) is 14.0. The lowest BCUT2D eigenvalue weighted by atomic mass is 10.1. The van der Waals surface area contributed by atoms with Crippen molar-refractivity contribution in [3.63, 3.8) is 0 Å². The van der Waals surface area contributed by atoms with E-state index in [1.165, 1.54) is 55.6 Å². The van der Waals surface area contributed by atoms with Crippen molar-refractivity contribution < 1.29 is 24.2 Å². The molecule has 0 unspecified atom stereocenters. The molecule has 0 saturated heterocycles. The number of aromatic nitrogens is 6. The van der Waals surface area contributed by atoms with Crippen LogP contribution >= 0.6 is 0 Å². The van der Waals surface area contributed by atoms with E-state index in [1.807, 2.05) is 19.9 Å². The Morgan fingerprint density at radius 1 is 0.818 bits per heavy atom. The summed E-state index contributed by atoms with van der Waals surface area (Å²) in [6, 6.07) is 4.95. The van der Waals surface area contributed by atoms with Gasteiger partial charge in [0, 0.05) is 47.8 Å². The number of ether oxygens (including phenoxy) is 1. The summed E-state index contributed by atoms with van der Waals surface area (Å²) in [7, 11) is 1.31. The van der Waals surface area contributed by atoms with Gasteiger partial charge in [-0.05, 0) is 37.1 Å². The maximum absolute atomic E-state index is 11.2. The molecule has 0 fully saturated rings. The maximum atomic E-state index is 11.2. The van der Waals surface area contributed by atoms with Gasteiger partial charge in [0.15, 0.2) is 11.5 Å². The number of carbonyl (C=O) groups excluding carboxylic acids is 3. The fourth-order valence-electron chi connectivity index (χ4n) is 2.76. The van der Waals surface area contributed by atoms with Gasteiger partial charge in [-0.3, -0.25) is 14.6 Å². The third-order valence-corrected chi connectivity index (χ3v) is 5.74. The number of ketones is 2. The van der Waals surface area contributed by atoms with E-state index in [4.69, 9.17) is 0 Å². The SMILES string of the molecule is CC(=O)C(C)C.CC(C)C(=O)C=C(O)c1ccncn1.CC(C)C1=NCC(c2ccncn2)=C1.COC(=O)c1ccncn1. The fourth-order valence-corrected chi connectivity index (χ4v) is 2.76. The Balaban J connectivity index is 0.000000306. The molecule has 0 amide bonds. The van der Waals surface area contributed by atoms with Crippen molar-refractivity contribution in [3.05, 3.63) is 85.0 Å². The predicted molar refractivity (Wildman–Crippen MR) is 169 cm³/mol. The smallest absolute Gasteiger partial charge is 0.356 e. The molecule has 0 saturated carbocycles. The molecule has 0 radical (unpaired) electrons. The fraction of sp³-hybridized carbons (Fsp3) is 0.375. The number of methoxy groups -OCH3 is 1. The Morgan fingerprint density at radius 3 is 1.73 bits per heavy atom. The quantitative estimate of drug-likeness (QED) is 0.217. The first-order chi connectivity index (χ1) is 20.9. The molecule has 1 aliphatic rings. The van der Waals surface area contributed by atoms with Gasteiger partial charge in [-0.15, -0.1) is 0 Å². The highest BCUT2D eigenvalue weighted by Crippen LogP contribution is 2.19. The number of Topliss-reactive ketones (excluding diaryl/α,β-unsaturated/α-hetero) is 1. The van der Waals surface area contributed by atoms with Crippen molar-refractivity contribution in [3.8, 4) is 0 Å². The number of hydrogen-bond donors (Lipinski definition) is 1. The number of nitrogens with zero attached hydrogens (tertiary/aromatic N) is 7. The van der Waals surface area contributed by atoms with Crippen LogP contribution in [-0.4, -0.2) is 71.9 Å². The van der Waals surface area contributed by atoms with Crippen LogP contribution in [0.5, 0.6) is 0 Å². The van der Waals surface area contributed by atoms with E-state index >= 15 is 0 Å². The summed E-state index contributed by atoms with van der Waals surface area (Å²) in [4.78, 5) is 59.5. The van der Waals surface area contributed by atoms with Gasteiger partial charge in [-0.2, -0.15) is 0 Å². The molecule has 0 aromatic carbocycles. The number of carbonyl (C=O) groups is 3. The average molecular weight is 604 g/mol. The van der Waals surface area contributed by atoms with Crippen LogP contribution in [0.25, 0.3) is 11.3 Å². The van der Waals surface area contributed by atoms with E-state index < -0.39 is 5.97 Å². The van der Waals surface area contributed by atoms with Crippen molar-refractivity contribution >= 4 is 34.6 Å². The third kappa shape index (κ3) is 14.3. The minimum absolute atomic E-state index is 0.119. The van der Waals surface area contributed by atoms with Crippen LogP contribution in [0, 0.1) is 17.8 Å². The first-order valence-corrected chi connectivity index (χ1v) is 13.9. The molecule has 0 spiro atoms. The molecule has 4 heterocycles. The zero-order chi connectivity index (χ0) is 33.1. The van der Waals surface area contributed by atoms with Crippen LogP contribution < -0.4 is 0 Å². The number of hydrogen-bond acceptors (Lipinski definition) is 12. The second kappa shape index (κ2) is 20.0. The molecule has 12 nitrogen and oxygen atoms in total. The van der Waals surface area contributed by atoms with E-state index in [0.29, 0.717) is 11.6 Å². The molecule has 1 N–H and O–H groups in total. The molecule has 0 bridgehead atoms. The first kappa shape index (κ1) is 37.0. The third-order valence-electron chi connectivity index (χ3n) is 5.74. The van der Waals surface area contributed by atoms with E-state index in [1.54, 1.807) is 39.4 Å². The zero-order valence-corrected chi connectivity index (χ0v) is 26.5. The Hall–Kier alpha value is -5.00. The van der Waals surface area contributed by atoms with Crippen molar-refractivity contribution in [2.75, 3.05) is 13.7 Å². The van der Waals surface area contributed by atoms with E-state index in [9.17, 15) is 19.5 Å². The normalized spacial score (nSPS) is 12.0. The molecular weight excluding hydrogens is 562 g/mol. The van der Waals surface area contributed by atoms with Gasteiger partial charge >= 0.3 is 5.97 Å².